The van der Waals surface area contributed by atoms with Gasteiger partial charge >= 0.3 is 0 Å². The maximum Gasteiger partial charge on any atom is 0.133 e. The zero-order chi connectivity index (χ0) is 13.1. The van der Waals surface area contributed by atoms with Crippen molar-refractivity contribution in [2.75, 3.05) is 0 Å². The Morgan fingerprint density at radius 3 is 2.72 bits per heavy atom. The molecule has 0 fully saturated rings. The maximum absolute atomic E-state index is 9.73. The largest absolute Gasteiger partial charge is 0.508 e. The lowest BCUT2D eigenvalue weighted by molar-refractivity contribution is 0.385. The minimum Gasteiger partial charge on any atom is -0.508 e. The van der Waals surface area contributed by atoms with E-state index in [-0.39, 0.29) is 17.5 Å². The summed E-state index contributed by atoms with van der Waals surface area (Å²) in [5.74, 6) is 0.897. The molecule has 3 N–H and O–H groups in total. The summed E-state index contributed by atoms with van der Waals surface area (Å²) in [5.41, 5.74) is 1.55. The molecule has 0 spiro atoms. The number of aromatic hydroxyl groups is 2. The summed E-state index contributed by atoms with van der Waals surface area (Å²) in [4.78, 5) is 0. The first-order chi connectivity index (χ1) is 8.56. The minimum atomic E-state index is -0.0531. The van der Waals surface area contributed by atoms with Gasteiger partial charge in [-0.3, -0.25) is 0 Å². The van der Waals surface area contributed by atoms with E-state index in [1.54, 1.807) is 12.1 Å². The highest BCUT2D eigenvalue weighted by atomic mass is 16.5. The zero-order valence-corrected chi connectivity index (χ0v) is 10.3. The molecule has 0 aliphatic rings. The van der Waals surface area contributed by atoms with Gasteiger partial charge in [-0.15, -0.1) is 0 Å². The van der Waals surface area contributed by atoms with Crippen molar-refractivity contribution < 1.29 is 14.7 Å². The fourth-order valence-electron chi connectivity index (χ4n) is 1.77. The van der Waals surface area contributed by atoms with Gasteiger partial charge in [0.25, 0.3) is 0 Å². The number of benzene rings is 1. The molecule has 5 heteroatoms. The highest BCUT2D eigenvalue weighted by Gasteiger charge is 2.11. The molecule has 0 saturated heterocycles. The molecule has 0 aliphatic heterocycles. The Labute approximate surface area is 105 Å². The van der Waals surface area contributed by atoms with Gasteiger partial charge in [0.2, 0.25) is 0 Å². The number of nitrogens with one attached hydrogen (secondary N) is 1. The molecule has 2 rings (SSSR count). The zero-order valence-electron chi connectivity index (χ0n) is 10.3. The molecule has 2 aromatic rings. The third-order valence-electron chi connectivity index (χ3n) is 2.75. The smallest absolute Gasteiger partial charge is 0.133 e. The first kappa shape index (κ1) is 12.4. The van der Waals surface area contributed by atoms with Crippen LogP contribution in [0.4, 0.5) is 0 Å². The Kier molecular flexibility index (Phi) is 3.53. The van der Waals surface area contributed by atoms with Crippen LogP contribution in [0.25, 0.3) is 0 Å². The van der Waals surface area contributed by atoms with E-state index in [2.05, 4.69) is 10.5 Å². The van der Waals surface area contributed by atoms with Crippen LogP contribution in [0.2, 0.25) is 0 Å². The number of hydrogen-bond acceptors (Lipinski definition) is 5. The van der Waals surface area contributed by atoms with Crippen molar-refractivity contribution in [3.05, 3.63) is 41.3 Å². The van der Waals surface area contributed by atoms with E-state index in [4.69, 9.17) is 4.52 Å². The number of rotatable bonds is 4. The number of aryl methyl sites for hydroxylation is 1. The lowest BCUT2D eigenvalue weighted by atomic mass is 10.1. The van der Waals surface area contributed by atoms with Crippen molar-refractivity contribution in [1.29, 1.82) is 0 Å². The lowest BCUT2D eigenvalue weighted by Gasteiger charge is -2.14. The van der Waals surface area contributed by atoms with Crippen LogP contribution in [0.15, 0.2) is 28.8 Å². The van der Waals surface area contributed by atoms with Gasteiger partial charge in [-0.1, -0.05) is 11.2 Å². The molecule has 1 aromatic heterocycles. The molecule has 1 heterocycles. The third-order valence-corrected chi connectivity index (χ3v) is 2.75. The van der Waals surface area contributed by atoms with Gasteiger partial charge in [0.05, 0.1) is 5.69 Å². The number of aromatic nitrogens is 1. The normalized spacial score (nSPS) is 12.6. The number of phenols is 2. The molecule has 1 aromatic carbocycles. The summed E-state index contributed by atoms with van der Waals surface area (Å²) in [6, 6.07) is 6.37. The van der Waals surface area contributed by atoms with E-state index in [0.29, 0.717) is 6.54 Å². The topological polar surface area (TPSA) is 78.5 Å². The lowest BCUT2D eigenvalue weighted by Crippen LogP contribution is -2.18. The number of nitrogens with zero attached hydrogens (tertiary/aromatic N) is 1. The van der Waals surface area contributed by atoms with Gasteiger partial charge in [-0.2, -0.15) is 0 Å². The van der Waals surface area contributed by atoms with Crippen LogP contribution in [0.5, 0.6) is 11.5 Å². The summed E-state index contributed by atoms with van der Waals surface area (Å²) in [6.07, 6.45) is 0. The van der Waals surface area contributed by atoms with Crippen molar-refractivity contribution in [1.82, 2.24) is 10.5 Å². The SMILES string of the molecule is Cc1cc(CNC(C)c2ccc(O)cc2O)no1. The van der Waals surface area contributed by atoms with Gasteiger partial charge in [-0.05, 0) is 19.9 Å². The van der Waals surface area contributed by atoms with E-state index in [1.807, 2.05) is 19.9 Å². The molecule has 0 amide bonds. The molecule has 0 radical (unpaired) electrons. The fraction of sp³-hybridized carbons (Fsp3) is 0.308. The monoisotopic (exact) mass is 248 g/mol. The van der Waals surface area contributed by atoms with Crippen LogP contribution >= 0.6 is 0 Å². The van der Waals surface area contributed by atoms with E-state index < -0.39 is 0 Å². The van der Waals surface area contributed by atoms with Crippen molar-refractivity contribution in [3.8, 4) is 11.5 Å². The molecule has 18 heavy (non-hydrogen) atoms. The van der Waals surface area contributed by atoms with Gasteiger partial charge in [0, 0.05) is 30.3 Å². The second kappa shape index (κ2) is 5.10. The van der Waals surface area contributed by atoms with E-state index >= 15 is 0 Å². The van der Waals surface area contributed by atoms with Crippen LogP contribution in [0, 0.1) is 6.92 Å². The van der Waals surface area contributed by atoms with Gasteiger partial charge in [0.1, 0.15) is 17.3 Å². The molecule has 96 valence electrons. The van der Waals surface area contributed by atoms with Crippen LogP contribution in [0.1, 0.15) is 30.0 Å². The predicted octanol–water partition coefficient (Wildman–Crippen LogP) is 2.25. The Bertz CT molecular complexity index is 537. The van der Waals surface area contributed by atoms with E-state index in [0.717, 1.165) is 17.0 Å². The Morgan fingerprint density at radius 2 is 2.11 bits per heavy atom. The summed E-state index contributed by atoms with van der Waals surface area (Å²) in [6.45, 7) is 4.32. The molecular weight excluding hydrogens is 232 g/mol. The van der Waals surface area contributed by atoms with Crippen LogP contribution in [0.3, 0.4) is 0 Å². The first-order valence-electron chi connectivity index (χ1n) is 5.73. The minimum absolute atomic E-state index is 0.0515. The Morgan fingerprint density at radius 1 is 1.33 bits per heavy atom. The first-order valence-corrected chi connectivity index (χ1v) is 5.73. The summed E-state index contributed by atoms with van der Waals surface area (Å²) in [5, 5.41) is 26.1. The van der Waals surface area contributed by atoms with Crippen molar-refractivity contribution in [3.63, 3.8) is 0 Å². The molecule has 1 atom stereocenters. The maximum atomic E-state index is 9.73. The second-order valence-corrected chi connectivity index (χ2v) is 4.27. The summed E-state index contributed by atoms with van der Waals surface area (Å²) < 4.78 is 4.97. The van der Waals surface area contributed by atoms with Gasteiger partial charge in [0.15, 0.2) is 0 Å². The Hall–Kier alpha value is -2.01. The molecule has 0 bridgehead atoms. The average Bonchev–Trinajstić information content (AvgIpc) is 2.72. The second-order valence-electron chi connectivity index (χ2n) is 4.27. The third kappa shape index (κ3) is 2.81. The molecular formula is C13H16N2O3. The molecule has 0 saturated carbocycles. The van der Waals surface area contributed by atoms with Crippen LogP contribution in [-0.2, 0) is 6.54 Å². The molecule has 5 nitrogen and oxygen atoms in total. The van der Waals surface area contributed by atoms with Crippen molar-refractivity contribution >= 4 is 0 Å². The molecule has 1 unspecified atom stereocenters. The van der Waals surface area contributed by atoms with Gasteiger partial charge < -0.3 is 20.1 Å². The van der Waals surface area contributed by atoms with Crippen LogP contribution in [-0.4, -0.2) is 15.4 Å². The Balaban J connectivity index is 2.01. The average molecular weight is 248 g/mol. The number of hydrogen-bond donors (Lipinski definition) is 3. The highest BCUT2D eigenvalue weighted by Crippen LogP contribution is 2.27. The van der Waals surface area contributed by atoms with E-state index in [1.165, 1.54) is 6.07 Å². The van der Waals surface area contributed by atoms with Crippen molar-refractivity contribution in [2.45, 2.75) is 26.4 Å². The highest BCUT2D eigenvalue weighted by molar-refractivity contribution is 5.40. The predicted molar refractivity (Wildman–Crippen MR) is 66.3 cm³/mol. The quantitative estimate of drug-likeness (QED) is 0.773. The van der Waals surface area contributed by atoms with Gasteiger partial charge in [-0.25, -0.2) is 0 Å². The standard InChI is InChI=1S/C13H16N2O3/c1-8-5-10(15-18-8)7-14-9(2)12-4-3-11(16)6-13(12)17/h3-6,9,14,16-17H,7H2,1-2H3. The van der Waals surface area contributed by atoms with Crippen LogP contribution < -0.4 is 5.32 Å². The summed E-state index contributed by atoms with van der Waals surface area (Å²) in [7, 11) is 0. The fourth-order valence-corrected chi connectivity index (χ4v) is 1.77. The van der Waals surface area contributed by atoms with E-state index in [9.17, 15) is 10.2 Å². The summed E-state index contributed by atoms with van der Waals surface area (Å²) >= 11 is 0. The molecule has 0 aliphatic carbocycles. The number of phenolic OH excluding ortho intramolecular Hbond substituents is 2. The van der Waals surface area contributed by atoms with Crippen molar-refractivity contribution in [2.24, 2.45) is 0 Å².